The first-order valence-corrected chi connectivity index (χ1v) is 7.76. The third kappa shape index (κ3) is 3.53. The molecule has 0 unspecified atom stereocenters. The average molecular weight is 346 g/mol. The first-order valence-electron chi connectivity index (χ1n) is 6.96. The Balaban J connectivity index is 2.35. The molecule has 0 aliphatic heterocycles. The van der Waals surface area contributed by atoms with Crippen molar-refractivity contribution in [2.45, 2.75) is 33.1 Å². The van der Waals surface area contributed by atoms with E-state index < -0.39 is 0 Å². The number of nitrogens with one attached hydrogen (secondary N) is 1. The van der Waals surface area contributed by atoms with E-state index in [0.717, 1.165) is 21.3 Å². The fourth-order valence-electron chi connectivity index (χ4n) is 2.26. The van der Waals surface area contributed by atoms with E-state index in [1.165, 1.54) is 0 Å². The van der Waals surface area contributed by atoms with Crippen LogP contribution in [0.4, 0.5) is 5.69 Å². The molecule has 1 N–H and O–H groups in total. The largest absolute Gasteiger partial charge is 0.322 e. The zero-order chi connectivity index (χ0) is 15.6. The van der Waals surface area contributed by atoms with Crippen LogP contribution in [-0.2, 0) is 5.41 Å². The van der Waals surface area contributed by atoms with Gasteiger partial charge in [0, 0.05) is 10.2 Å². The summed E-state index contributed by atoms with van der Waals surface area (Å²) < 4.78 is 0.843. The molecule has 0 radical (unpaired) electrons. The number of para-hydroxylation sites is 1. The number of aryl methyl sites for hydroxylation is 1. The van der Waals surface area contributed by atoms with Crippen molar-refractivity contribution in [1.29, 1.82) is 0 Å². The van der Waals surface area contributed by atoms with Gasteiger partial charge in [0.2, 0.25) is 0 Å². The second kappa shape index (κ2) is 6.02. The monoisotopic (exact) mass is 345 g/mol. The third-order valence-electron chi connectivity index (χ3n) is 3.42. The summed E-state index contributed by atoms with van der Waals surface area (Å²) in [5.41, 5.74) is 3.67. The molecule has 2 aromatic rings. The molecule has 2 rings (SSSR count). The summed E-state index contributed by atoms with van der Waals surface area (Å²) in [4.78, 5) is 12.5. The summed E-state index contributed by atoms with van der Waals surface area (Å²) in [6, 6.07) is 13.6. The van der Waals surface area contributed by atoms with E-state index in [0.29, 0.717) is 5.56 Å². The summed E-state index contributed by atoms with van der Waals surface area (Å²) in [6.07, 6.45) is 0. The molecule has 0 saturated heterocycles. The van der Waals surface area contributed by atoms with Gasteiger partial charge in [0.15, 0.2) is 0 Å². The zero-order valence-electron chi connectivity index (χ0n) is 12.8. The van der Waals surface area contributed by atoms with E-state index in [4.69, 9.17) is 0 Å². The Morgan fingerprint density at radius 3 is 2.38 bits per heavy atom. The van der Waals surface area contributed by atoms with Crippen LogP contribution in [-0.4, -0.2) is 5.91 Å². The number of halogens is 1. The molecule has 0 heterocycles. The van der Waals surface area contributed by atoms with Crippen LogP contribution in [0.2, 0.25) is 0 Å². The number of benzene rings is 2. The predicted octanol–water partition coefficient (Wildman–Crippen LogP) is 5.31. The van der Waals surface area contributed by atoms with Gasteiger partial charge in [0.05, 0.1) is 5.56 Å². The van der Waals surface area contributed by atoms with E-state index in [9.17, 15) is 4.79 Å². The summed E-state index contributed by atoms with van der Waals surface area (Å²) in [5.74, 6) is -0.0951. The summed E-state index contributed by atoms with van der Waals surface area (Å²) in [6.45, 7) is 8.39. The van der Waals surface area contributed by atoms with E-state index in [1.807, 2.05) is 43.3 Å². The van der Waals surface area contributed by atoms with E-state index >= 15 is 0 Å². The van der Waals surface area contributed by atoms with Gasteiger partial charge >= 0.3 is 0 Å². The molecule has 0 atom stereocenters. The molecule has 110 valence electrons. The van der Waals surface area contributed by atoms with Gasteiger partial charge < -0.3 is 5.32 Å². The Bertz CT molecular complexity index is 671. The highest BCUT2D eigenvalue weighted by molar-refractivity contribution is 9.10. The van der Waals surface area contributed by atoms with E-state index in [-0.39, 0.29) is 11.3 Å². The molecule has 0 fully saturated rings. The number of hydrogen-bond donors (Lipinski definition) is 1. The van der Waals surface area contributed by atoms with Crippen LogP contribution in [0.5, 0.6) is 0 Å². The Morgan fingerprint density at radius 2 is 1.71 bits per heavy atom. The standard InChI is InChI=1S/C18H20BrNO/c1-12-8-7-9-13(16(12)19)17(21)20-15-11-6-5-10-14(15)18(2,3)4/h5-11H,1-4H3,(H,20,21). The smallest absolute Gasteiger partial charge is 0.256 e. The summed E-state index contributed by atoms with van der Waals surface area (Å²) >= 11 is 3.49. The molecule has 0 aliphatic carbocycles. The van der Waals surface area contributed by atoms with Crippen LogP contribution < -0.4 is 5.32 Å². The van der Waals surface area contributed by atoms with Gasteiger partial charge in [-0.2, -0.15) is 0 Å². The Kier molecular flexibility index (Phi) is 4.52. The number of hydrogen-bond acceptors (Lipinski definition) is 1. The minimum Gasteiger partial charge on any atom is -0.322 e. The maximum absolute atomic E-state index is 12.5. The van der Waals surface area contributed by atoms with Crippen molar-refractivity contribution in [2.24, 2.45) is 0 Å². The van der Waals surface area contributed by atoms with Crippen LogP contribution in [0, 0.1) is 6.92 Å². The van der Waals surface area contributed by atoms with Crippen LogP contribution in [0.1, 0.15) is 42.3 Å². The van der Waals surface area contributed by atoms with Gasteiger partial charge in [-0.05, 0) is 51.5 Å². The summed E-state index contributed by atoms with van der Waals surface area (Å²) in [5, 5.41) is 3.03. The molecule has 2 nitrogen and oxygen atoms in total. The molecule has 0 saturated carbocycles. The quantitative estimate of drug-likeness (QED) is 0.785. The van der Waals surface area contributed by atoms with Gasteiger partial charge in [-0.25, -0.2) is 0 Å². The van der Waals surface area contributed by atoms with Gasteiger partial charge in [-0.15, -0.1) is 0 Å². The molecule has 3 heteroatoms. The Morgan fingerprint density at radius 1 is 1.05 bits per heavy atom. The molecule has 0 aromatic heterocycles. The highest BCUT2D eigenvalue weighted by atomic mass is 79.9. The third-order valence-corrected chi connectivity index (χ3v) is 4.47. The van der Waals surface area contributed by atoms with Gasteiger partial charge in [0.1, 0.15) is 0 Å². The van der Waals surface area contributed by atoms with Gasteiger partial charge in [-0.3, -0.25) is 4.79 Å². The van der Waals surface area contributed by atoms with Crippen LogP contribution in [0.25, 0.3) is 0 Å². The molecular formula is C18H20BrNO. The topological polar surface area (TPSA) is 29.1 Å². The maximum atomic E-state index is 12.5. The molecular weight excluding hydrogens is 326 g/mol. The molecule has 0 bridgehead atoms. The molecule has 0 spiro atoms. The number of amides is 1. The minimum absolute atomic E-state index is 0.0201. The number of rotatable bonds is 2. The fraction of sp³-hybridized carbons (Fsp3) is 0.278. The lowest BCUT2D eigenvalue weighted by Crippen LogP contribution is -2.19. The second-order valence-electron chi connectivity index (χ2n) is 6.19. The van der Waals surface area contributed by atoms with Crippen molar-refractivity contribution in [2.75, 3.05) is 5.32 Å². The highest BCUT2D eigenvalue weighted by Crippen LogP contribution is 2.30. The van der Waals surface area contributed by atoms with Crippen molar-refractivity contribution in [3.63, 3.8) is 0 Å². The minimum atomic E-state index is -0.0951. The first kappa shape index (κ1) is 15.8. The van der Waals surface area contributed by atoms with Crippen LogP contribution in [0.3, 0.4) is 0 Å². The van der Waals surface area contributed by atoms with Crippen molar-refractivity contribution in [3.05, 3.63) is 63.6 Å². The lowest BCUT2D eigenvalue weighted by Gasteiger charge is -2.23. The molecule has 2 aromatic carbocycles. The normalized spacial score (nSPS) is 11.3. The molecule has 21 heavy (non-hydrogen) atoms. The van der Waals surface area contributed by atoms with Crippen molar-refractivity contribution >= 4 is 27.5 Å². The van der Waals surface area contributed by atoms with Gasteiger partial charge in [0.25, 0.3) is 5.91 Å². The second-order valence-corrected chi connectivity index (χ2v) is 6.98. The van der Waals surface area contributed by atoms with Crippen molar-refractivity contribution in [1.82, 2.24) is 0 Å². The number of carbonyl (C=O) groups is 1. The SMILES string of the molecule is Cc1cccc(C(=O)Nc2ccccc2C(C)(C)C)c1Br. The van der Waals surface area contributed by atoms with E-state index in [1.54, 1.807) is 0 Å². The first-order chi connectivity index (χ1) is 9.80. The Hall–Kier alpha value is -1.61. The fourth-order valence-corrected chi connectivity index (χ4v) is 2.70. The Labute approximate surface area is 134 Å². The number of carbonyl (C=O) groups excluding carboxylic acids is 1. The predicted molar refractivity (Wildman–Crippen MR) is 92.0 cm³/mol. The van der Waals surface area contributed by atoms with Gasteiger partial charge in [-0.1, -0.05) is 51.1 Å². The number of anilines is 1. The van der Waals surface area contributed by atoms with E-state index in [2.05, 4.69) is 48.1 Å². The van der Waals surface area contributed by atoms with Crippen LogP contribution in [0.15, 0.2) is 46.9 Å². The zero-order valence-corrected chi connectivity index (χ0v) is 14.4. The highest BCUT2D eigenvalue weighted by Gasteiger charge is 2.19. The van der Waals surface area contributed by atoms with Crippen molar-refractivity contribution in [3.8, 4) is 0 Å². The molecule has 1 amide bonds. The lowest BCUT2D eigenvalue weighted by atomic mass is 9.86. The molecule has 0 aliphatic rings. The average Bonchev–Trinajstić information content (AvgIpc) is 2.41. The van der Waals surface area contributed by atoms with Crippen LogP contribution >= 0.6 is 15.9 Å². The van der Waals surface area contributed by atoms with Crippen molar-refractivity contribution < 1.29 is 4.79 Å². The maximum Gasteiger partial charge on any atom is 0.256 e. The lowest BCUT2D eigenvalue weighted by molar-refractivity contribution is 0.102. The summed E-state index contributed by atoms with van der Waals surface area (Å²) in [7, 11) is 0.